The van der Waals surface area contributed by atoms with Gasteiger partial charge in [0.25, 0.3) is 0 Å². The summed E-state index contributed by atoms with van der Waals surface area (Å²) in [7, 11) is 0. The number of hydrogen-bond acceptors (Lipinski definition) is 7. The van der Waals surface area contributed by atoms with Crippen LogP contribution in [0.25, 0.3) is 6.08 Å². The van der Waals surface area contributed by atoms with Gasteiger partial charge >= 0.3 is 5.97 Å². The number of furan rings is 1. The van der Waals surface area contributed by atoms with E-state index in [-0.39, 0.29) is 11.6 Å². The van der Waals surface area contributed by atoms with Crippen LogP contribution < -0.4 is 0 Å². The molecule has 7 heteroatoms. The first kappa shape index (κ1) is 11.8. The number of rotatable bonds is 2. The molecule has 96 valence electrons. The van der Waals surface area contributed by atoms with Gasteiger partial charge in [-0.1, -0.05) is 4.49 Å². The van der Waals surface area contributed by atoms with Crippen LogP contribution in [0.5, 0.6) is 0 Å². The molecule has 3 heterocycles. The number of esters is 1. The normalized spacial score (nSPS) is 16.8. The summed E-state index contributed by atoms with van der Waals surface area (Å²) < 4.78 is 14.2. The van der Waals surface area contributed by atoms with Crippen LogP contribution in [-0.4, -0.2) is 21.5 Å². The molecule has 0 fully saturated rings. The molecule has 1 aliphatic rings. The summed E-state index contributed by atoms with van der Waals surface area (Å²) >= 11 is 1.21. The summed E-state index contributed by atoms with van der Waals surface area (Å²) in [4.78, 5) is 15.9. The minimum atomic E-state index is -0.499. The number of carbonyl (C=O) groups excluding carboxylic acids is 1. The van der Waals surface area contributed by atoms with Gasteiger partial charge in [0.1, 0.15) is 17.2 Å². The third-order valence-electron chi connectivity index (χ3n) is 2.55. The molecule has 3 rings (SSSR count). The number of aryl methyl sites for hydroxylation is 2. The number of carbonyl (C=O) groups is 1. The number of nitrogens with zero attached hydrogens (tertiary/aromatic N) is 3. The summed E-state index contributed by atoms with van der Waals surface area (Å²) in [5, 5.41) is 5.55. The van der Waals surface area contributed by atoms with E-state index in [1.54, 1.807) is 24.4 Å². The van der Waals surface area contributed by atoms with Gasteiger partial charge < -0.3 is 9.15 Å². The molecule has 6 nitrogen and oxygen atoms in total. The maximum atomic E-state index is 11.7. The smallest absolute Gasteiger partial charge is 0.363 e. The Morgan fingerprint density at radius 2 is 2.21 bits per heavy atom. The van der Waals surface area contributed by atoms with E-state index in [1.165, 1.54) is 11.5 Å². The minimum Gasteiger partial charge on any atom is -0.466 e. The zero-order valence-corrected chi connectivity index (χ0v) is 11.0. The highest BCUT2D eigenvalue weighted by atomic mass is 32.1. The average Bonchev–Trinajstić information content (AvgIpc) is 3.03. The zero-order chi connectivity index (χ0) is 13.4. The van der Waals surface area contributed by atoms with Crippen molar-refractivity contribution >= 4 is 29.5 Å². The van der Waals surface area contributed by atoms with Crippen molar-refractivity contribution in [1.29, 1.82) is 0 Å². The Labute approximate surface area is 112 Å². The molecule has 0 saturated heterocycles. The highest BCUT2D eigenvalue weighted by molar-refractivity contribution is 7.03. The standard InChI is InChI=1S/C12H9N3O3S/c1-6-3-9(7(2)17-6)11-13-10(12(16)18-11)4-8-5-19-15-14-8/h3-5H,1-2H3/b10-4-. The van der Waals surface area contributed by atoms with Crippen LogP contribution in [-0.2, 0) is 9.53 Å². The van der Waals surface area contributed by atoms with E-state index in [0.29, 0.717) is 17.0 Å². The van der Waals surface area contributed by atoms with Crippen LogP contribution in [0, 0.1) is 13.8 Å². The van der Waals surface area contributed by atoms with Crippen molar-refractivity contribution in [1.82, 2.24) is 9.59 Å². The lowest BCUT2D eigenvalue weighted by molar-refractivity contribution is -0.129. The molecular weight excluding hydrogens is 266 g/mol. The van der Waals surface area contributed by atoms with Crippen molar-refractivity contribution in [2.24, 2.45) is 4.99 Å². The summed E-state index contributed by atoms with van der Waals surface area (Å²) in [5.74, 6) is 1.17. The Bertz CT molecular complexity index is 698. The van der Waals surface area contributed by atoms with Crippen LogP contribution in [0.4, 0.5) is 0 Å². The highest BCUT2D eigenvalue weighted by Crippen LogP contribution is 2.22. The number of aromatic nitrogens is 2. The summed E-state index contributed by atoms with van der Waals surface area (Å²) in [6.45, 7) is 3.62. The van der Waals surface area contributed by atoms with Crippen molar-refractivity contribution in [3.05, 3.63) is 39.9 Å². The molecule has 2 aromatic heterocycles. The second-order valence-corrected chi connectivity index (χ2v) is 4.60. The molecule has 0 unspecified atom stereocenters. The van der Waals surface area contributed by atoms with E-state index >= 15 is 0 Å². The van der Waals surface area contributed by atoms with E-state index in [1.807, 2.05) is 6.92 Å². The molecule has 0 radical (unpaired) electrons. The Hall–Kier alpha value is -2.28. The topological polar surface area (TPSA) is 77.6 Å². The van der Waals surface area contributed by atoms with Gasteiger partial charge in [0, 0.05) is 5.38 Å². The van der Waals surface area contributed by atoms with Crippen molar-refractivity contribution in [3.63, 3.8) is 0 Å². The van der Waals surface area contributed by atoms with Gasteiger partial charge in [-0.3, -0.25) is 0 Å². The van der Waals surface area contributed by atoms with Crippen LogP contribution in [0.2, 0.25) is 0 Å². The molecule has 0 saturated carbocycles. The zero-order valence-electron chi connectivity index (χ0n) is 10.2. The van der Waals surface area contributed by atoms with E-state index in [0.717, 1.165) is 5.76 Å². The SMILES string of the molecule is Cc1cc(C2=N/C(=C\c3csnn3)C(=O)O2)c(C)o1. The van der Waals surface area contributed by atoms with Gasteiger partial charge in [-0.05, 0) is 37.5 Å². The highest BCUT2D eigenvalue weighted by Gasteiger charge is 2.26. The first-order valence-electron chi connectivity index (χ1n) is 5.50. The van der Waals surface area contributed by atoms with Gasteiger partial charge in [-0.15, -0.1) is 5.10 Å². The Balaban J connectivity index is 1.98. The monoisotopic (exact) mass is 275 g/mol. The molecule has 0 aliphatic carbocycles. The fourth-order valence-electron chi connectivity index (χ4n) is 1.74. The second kappa shape index (κ2) is 4.43. The number of aliphatic imine (C=N–C) groups is 1. The predicted octanol–water partition coefficient (Wildman–Crippen LogP) is 2.09. The van der Waals surface area contributed by atoms with Crippen LogP contribution in [0.15, 0.2) is 26.6 Å². The number of hydrogen-bond donors (Lipinski definition) is 0. The third kappa shape index (κ3) is 2.19. The average molecular weight is 275 g/mol. The molecule has 0 N–H and O–H groups in total. The second-order valence-electron chi connectivity index (χ2n) is 3.99. The lowest BCUT2D eigenvalue weighted by Gasteiger charge is -1.95. The van der Waals surface area contributed by atoms with Gasteiger partial charge in [-0.2, -0.15) is 0 Å². The summed E-state index contributed by atoms with van der Waals surface area (Å²) in [6, 6.07) is 1.79. The van der Waals surface area contributed by atoms with Crippen molar-refractivity contribution in [3.8, 4) is 0 Å². The van der Waals surface area contributed by atoms with Crippen molar-refractivity contribution in [2.75, 3.05) is 0 Å². The Morgan fingerprint density at radius 1 is 1.37 bits per heavy atom. The van der Waals surface area contributed by atoms with Crippen molar-refractivity contribution < 1.29 is 13.9 Å². The molecule has 2 aromatic rings. The van der Waals surface area contributed by atoms with E-state index < -0.39 is 5.97 Å². The lowest BCUT2D eigenvalue weighted by Crippen LogP contribution is -2.05. The molecule has 1 aliphatic heterocycles. The molecule has 0 aromatic carbocycles. The molecule has 19 heavy (non-hydrogen) atoms. The van der Waals surface area contributed by atoms with E-state index in [2.05, 4.69) is 14.6 Å². The van der Waals surface area contributed by atoms with Gasteiger partial charge in [0.15, 0.2) is 5.70 Å². The van der Waals surface area contributed by atoms with Gasteiger partial charge in [0.05, 0.1) is 5.56 Å². The largest absolute Gasteiger partial charge is 0.466 e. The maximum absolute atomic E-state index is 11.7. The van der Waals surface area contributed by atoms with E-state index in [9.17, 15) is 4.79 Å². The molecule has 0 bridgehead atoms. The van der Waals surface area contributed by atoms with Crippen LogP contribution >= 0.6 is 11.5 Å². The Kier molecular flexibility index (Phi) is 2.75. The van der Waals surface area contributed by atoms with E-state index in [4.69, 9.17) is 9.15 Å². The number of ether oxygens (including phenoxy) is 1. The maximum Gasteiger partial charge on any atom is 0.363 e. The molecule has 0 spiro atoms. The fraction of sp³-hybridized carbons (Fsp3) is 0.167. The van der Waals surface area contributed by atoms with Crippen molar-refractivity contribution in [2.45, 2.75) is 13.8 Å². The molecule has 0 atom stereocenters. The summed E-state index contributed by atoms with van der Waals surface area (Å²) in [6.07, 6.45) is 1.54. The van der Waals surface area contributed by atoms with Gasteiger partial charge in [-0.25, -0.2) is 9.79 Å². The number of cyclic esters (lactones) is 1. The Morgan fingerprint density at radius 3 is 2.84 bits per heavy atom. The lowest BCUT2D eigenvalue weighted by atomic mass is 10.2. The minimum absolute atomic E-state index is 0.209. The molecule has 0 amide bonds. The quantitative estimate of drug-likeness (QED) is 0.619. The molecular formula is C12H9N3O3S. The van der Waals surface area contributed by atoms with Crippen LogP contribution in [0.1, 0.15) is 22.8 Å². The van der Waals surface area contributed by atoms with Gasteiger partial charge in [0.2, 0.25) is 5.90 Å². The fourth-order valence-corrected chi connectivity index (χ4v) is 2.15. The van der Waals surface area contributed by atoms with Crippen LogP contribution in [0.3, 0.4) is 0 Å². The first-order chi connectivity index (χ1) is 9.13. The predicted molar refractivity (Wildman–Crippen MR) is 68.7 cm³/mol. The first-order valence-corrected chi connectivity index (χ1v) is 6.34. The summed E-state index contributed by atoms with van der Waals surface area (Å²) in [5.41, 5.74) is 1.48. The third-order valence-corrected chi connectivity index (χ3v) is 3.08.